The maximum atomic E-state index is 13.3. The van der Waals surface area contributed by atoms with Crippen LogP contribution in [0, 0.1) is 11.6 Å². The zero-order chi connectivity index (χ0) is 19.0. The van der Waals surface area contributed by atoms with Gasteiger partial charge in [-0.1, -0.05) is 0 Å². The lowest BCUT2D eigenvalue weighted by atomic mass is 10.1. The van der Waals surface area contributed by atoms with E-state index < -0.39 is 23.6 Å². The predicted octanol–water partition coefficient (Wildman–Crippen LogP) is 2.27. The number of hydrogen-bond acceptors (Lipinski definition) is 4. The van der Waals surface area contributed by atoms with Crippen LogP contribution in [0.4, 0.5) is 14.5 Å². The third-order valence-corrected chi connectivity index (χ3v) is 4.48. The van der Waals surface area contributed by atoms with E-state index in [0.717, 1.165) is 12.1 Å². The molecule has 2 amide bonds. The van der Waals surface area contributed by atoms with Crippen molar-refractivity contribution in [3.8, 4) is 11.5 Å². The first kappa shape index (κ1) is 17.3. The maximum Gasteiger partial charge on any atom is 0.251 e. The van der Waals surface area contributed by atoms with Gasteiger partial charge in [0.1, 0.15) is 13.2 Å². The van der Waals surface area contributed by atoms with Crippen molar-refractivity contribution in [3.05, 3.63) is 53.6 Å². The van der Waals surface area contributed by atoms with Crippen LogP contribution in [-0.2, 0) is 4.79 Å². The first-order valence-electron chi connectivity index (χ1n) is 8.47. The molecule has 2 aliphatic rings. The number of halogens is 2. The molecule has 27 heavy (non-hydrogen) atoms. The van der Waals surface area contributed by atoms with Crippen molar-refractivity contribution in [1.82, 2.24) is 5.32 Å². The number of anilines is 1. The number of fused-ring (bicyclic) bond motifs is 1. The molecule has 0 saturated carbocycles. The van der Waals surface area contributed by atoms with Crippen LogP contribution in [0.25, 0.3) is 0 Å². The van der Waals surface area contributed by atoms with Gasteiger partial charge in [-0.05, 0) is 30.3 Å². The molecule has 2 heterocycles. The molecule has 1 atom stereocenters. The normalized spacial score (nSPS) is 18.5. The summed E-state index contributed by atoms with van der Waals surface area (Å²) in [7, 11) is 0. The lowest BCUT2D eigenvalue weighted by Crippen LogP contribution is -2.37. The number of carbonyl (C=O) groups excluding carboxylic acids is 2. The minimum Gasteiger partial charge on any atom is -0.486 e. The summed E-state index contributed by atoms with van der Waals surface area (Å²) in [6, 6.07) is 7.71. The van der Waals surface area contributed by atoms with Crippen LogP contribution in [0.5, 0.6) is 11.5 Å². The lowest BCUT2D eigenvalue weighted by molar-refractivity contribution is -0.117. The van der Waals surface area contributed by atoms with Crippen molar-refractivity contribution in [1.29, 1.82) is 0 Å². The molecule has 1 N–H and O–H groups in total. The number of benzene rings is 2. The van der Waals surface area contributed by atoms with Crippen LogP contribution >= 0.6 is 0 Å². The fourth-order valence-corrected chi connectivity index (χ4v) is 3.16. The highest BCUT2D eigenvalue weighted by molar-refractivity contribution is 5.99. The molecule has 0 radical (unpaired) electrons. The quantitative estimate of drug-likeness (QED) is 0.895. The molecule has 2 aromatic carbocycles. The van der Waals surface area contributed by atoms with Crippen molar-refractivity contribution in [2.45, 2.75) is 12.5 Å². The Bertz CT molecular complexity index is 919. The van der Waals surface area contributed by atoms with Crippen LogP contribution in [-0.4, -0.2) is 37.6 Å². The SMILES string of the molecule is O=C(N[C@@H]1CC(=O)N(c2ccc3c(c2)OCCO3)C1)c1ccc(F)c(F)c1. The molecule has 8 heteroatoms. The van der Waals surface area contributed by atoms with Crippen LogP contribution in [0.3, 0.4) is 0 Å². The van der Waals surface area contributed by atoms with Crippen LogP contribution < -0.4 is 19.7 Å². The number of carbonyl (C=O) groups is 2. The molecule has 2 aromatic rings. The molecule has 0 aliphatic carbocycles. The number of amides is 2. The predicted molar refractivity (Wildman–Crippen MR) is 92.0 cm³/mol. The molecule has 1 fully saturated rings. The van der Waals surface area contributed by atoms with Crippen LogP contribution in [0.2, 0.25) is 0 Å². The van der Waals surface area contributed by atoms with Gasteiger partial charge >= 0.3 is 0 Å². The molecule has 0 aromatic heterocycles. The minimum atomic E-state index is -1.09. The molecular formula is C19H16F2N2O4. The smallest absolute Gasteiger partial charge is 0.251 e. The van der Waals surface area contributed by atoms with Gasteiger partial charge < -0.3 is 19.7 Å². The molecule has 140 valence electrons. The third kappa shape index (κ3) is 3.42. The molecule has 1 saturated heterocycles. The third-order valence-electron chi connectivity index (χ3n) is 4.48. The monoisotopic (exact) mass is 374 g/mol. The van der Waals surface area contributed by atoms with E-state index in [2.05, 4.69) is 5.32 Å². The molecule has 2 aliphatic heterocycles. The summed E-state index contributed by atoms with van der Waals surface area (Å²) in [5, 5.41) is 2.69. The summed E-state index contributed by atoms with van der Waals surface area (Å²) < 4.78 is 37.3. The first-order chi connectivity index (χ1) is 13.0. The van der Waals surface area contributed by atoms with Gasteiger partial charge in [0.05, 0.1) is 6.04 Å². The summed E-state index contributed by atoms with van der Waals surface area (Å²) in [5.74, 6) is -1.63. The number of rotatable bonds is 3. The molecule has 0 bridgehead atoms. The lowest BCUT2D eigenvalue weighted by Gasteiger charge is -2.22. The van der Waals surface area contributed by atoms with Crippen molar-refractivity contribution in [3.63, 3.8) is 0 Å². The Labute approximate surface area is 153 Å². The second-order valence-corrected chi connectivity index (χ2v) is 6.34. The van der Waals surface area contributed by atoms with E-state index in [0.29, 0.717) is 30.4 Å². The van der Waals surface area contributed by atoms with Gasteiger partial charge in [-0.15, -0.1) is 0 Å². The topological polar surface area (TPSA) is 67.9 Å². The van der Waals surface area contributed by atoms with Crippen molar-refractivity contribution in [2.75, 3.05) is 24.7 Å². The zero-order valence-corrected chi connectivity index (χ0v) is 14.2. The molecule has 6 nitrogen and oxygen atoms in total. The Hall–Kier alpha value is -3.16. The van der Waals surface area contributed by atoms with Gasteiger partial charge in [0.25, 0.3) is 5.91 Å². The molecular weight excluding hydrogens is 358 g/mol. The Morgan fingerprint density at radius 2 is 1.81 bits per heavy atom. The number of nitrogens with zero attached hydrogens (tertiary/aromatic N) is 1. The zero-order valence-electron chi connectivity index (χ0n) is 14.2. The second-order valence-electron chi connectivity index (χ2n) is 6.34. The molecule has 4 rings (SSSR count). The Kier molecular flexibility index (Phi) is 4.39. The van der Waals surface area contributed by atoms with Gasteiger partial charge in [0, 0.05) is 30.3 Å². The fraction of sp³-hybridized carbons (Fsp3) is 0.263. The highest BCUT2D eigenvalue weighted by Crippen LogP contribution is 2.35. The average molecular weight is 374 g/mol. The van der Waals surface area contributed by atoms with Gasteiger partial charge in [0.15, 0.2) is 23.1 Å². The first-order valence-corrected chi connectivity index (χ1v) is 8.47. The summed E-state index contributed by atoms with van der Waals surface area (Å²) >= 11 is 0. The van der Waals surface area contributed by atoms with E-state index in [1.807, 2.05) is 0 Å². The Morgan fingerprint density at radius 3 is 2.59 bits per heavy atom. The highest BCUT2D eigenvalue weighted by Gasteiger charge is 2.32. The second kappa shape index (κ2) is 6.86. The van der Waals surface area contributed by atoms with Gasteiger partial charge in [-0.3, -0.25) is 9.59 Å². The van der Waals surface area contributed by atoms with E-state index in [1.54, 1.807) is 23.1 Å². The van der Waals surface area contributed by atoms with Crippen LogP contribution in [0.15, 0.2) is 36.4 Å². The van der Waals surface area contributed by atoms with E-state index in [9.17, 15) is 18.4 Å². The van der Waals surface area contributed by atoms with Crippen molar-refractivity contribution < 1.29 is 27.8 Å². The van der Waals surface area contributed by atoms with E-state index in [-0.39, 0.29) is 24.4 Å². The number of ether oxygens (including phenoxy) is 2. The minimum absolute atomic E-state index is 0.000807. The Morgan fingerprint density at radius 1 is 1.04 bits per heavy atom. The van der Waals surface area contributed by atoms with Gasteiger partial charge in [0.2, 0.25) is 5.91 Å². The number of nitrogens with one attached hydrogen (secondary N) is 1. The van der Waals surface area contributed by atoms with Gasteiger partial charge in [-0.2, -0.15) is 0 Å². The molecule has 0 unspecified atom stereocenters. The van der Waals surface area contributed by atoms with Gasteiger partial charge in [-0.25, -0.2) is 8.78 Å². The van der Waals surface area contributed by atoms with E-state index in [4.69, 9.17) is 9.47 Å². The standard InChI is InChI=1S/C19H16F2N2O4/c20-14-3-1-11(7-15(14)21)19(25)22-12-8-18(24)23(10-12)13-2-4-16-17(9-13)27-6-5-26-16/h1-4,7,9,12H,5-6,8,10H2,(H,22,25)/t12-/m1/s1. The summed E-state index contributed by atoms with van der Waals surface area (Å²) in [6.45, 7) is 1.19. The Balaban J connectivity index is 1.46. The van der Waals surface area contributed by atoms with Crippen molar-refractivity contribution >= 4 is 17.5 Å². The highest BCUT2D eigenvalue weighted by atomic mass is 19.2. The summed E-state index contributed by atoms with van der Waals surface area (Å²) in [6.07, 6.45) is 0.115. The van der Waals surface area contributed by atoms with E-state index in [1.165, 1.54) is 6.07 Å². The van der Waals surface area contributed by atoms with Crippen LogP contribution in [0.1, 0.15) is 16.8 Å². The maximum absolute atomic E-state index is 13.3. The number of hydrogen-bond donors (Lipinski definition) is 1. The van der Waals surface area contributed by atoms with Crippen molar-refractivity contribution in [2.24, 2.45) is 0 Å². The summed E-state index contributed by atoms with van der Waals surface area (Å²) in [4.78, 5) is 26.2. The fourth-order valence-electron chi connectivity index (χ4n) is 3.16. The van der Waals surface area contributed by atoms with E-state index >= 15 is 0 Å². The summed E-state index contributed by atoms with van der Waals surface area (Å²) in [5.41, 5.74) is 0.646. The largest absolute Gasteiger partial charge is 0.486 e. The molecule has 0 spiro atoms. The average Bonchev–Trinajstić information content (AvgIpc) is 3.03.